The summed E-state index contributed by atoms with van der Waals surface area (Å²) in [6.45, 7) is 6.20. The summed E-state index contributed by atoms with van der Waals surface area (Å²) in [7, 11) is 0. The van der Waals surface area contributed by atoms with Crippen LogP contribution in [0.15, 0.2) is 42.5 Å². The van der Waals surface area contributed by atoms with Crippen LogP contribution in [0.3, 0.4) is 0 Å². The Morgan fingerprint density at radius 2 is 2.00 bits per heavy atom. The molecule has 0 heterocycles. The van der Waals surface area contributed by atoms with Crippen LogP contribution in [0.1, 0.15) is 37.8 Å². The van der Waals surface area contributed by atoms with Gasteiger partial charge in [-0.3, -0.25) is 0 Å². The number of hydrogen-bond acceptors (Lipinski definition) is 1. The fourth-order valence-electron chi connectivity index (χ4n) is 1.58. The third kappa shape index (κ3) is 3.35. The van der Waals surface area contributed by atoms with Gasteiger partial charge in [0.15, 0.2) is 0 Å². The Morgan fingerprint density at radius 1 is 1.36 bits per heavy atom. The van der Waals surface area contributed by atoms with Crippen LogP contribution in [-0.2, 0) is 0 Å². The van der Waals surface area contributed by atoms with Crippen LogP contribution in [0.4, 0.5) is 0 Å². The summed E-state index contributed by atoms with van der Waals surface area (Å²) in [5, 5.41) is 0. The second kappa shape index (κ2) is 5.61. The minimum atomic E-state index is 0.107. The first-order valence-corrected chi connectivity index (χ1v) is 5.21. The first-order chi connectivity index (χ1) is 6.74. The average molecular weight is 189 g/mol. The smallest absolute Gasteiger partial charge is 0.0332 e. The van der Waals surface area contributed by atoms with Crippen molar-refractivity contribution in [1.82, 2.24) is 0 Å². The lowest BCUT2D eigenvalue weighted by Crippen LogP contribution is -2.10. The molecule has 0 aliphatic carbocycles. The van der Waals surface area contributed by atoms with Gasteiger partial charge in [0.05, 0.1) is 0 Å². The van der Waals surface area contributed by atoms with E-state index in [1.165, 1.54) is 11.1 Å². The molecule has 0 saturated carbocycles. The highest BCUT2D eigenvalue weighted by Gasteiger charge is 2.06. The Hall–Kier alpha value is -1.08. The summed E-state index contributed by atoms with van der Waals surface area (Å²) in [5.74, 6) is 0. The van der Waals surface area contributed by atoms with Crippen LogP contribution in [0.2, 0.25) is 0 Å². The molecule has 0 bridgehead atoms. The zero-order valence-corrected chi connectivity index (χ0v) is 8.87. The van der Waals surface area contributed by atoms with Crippen LogP contribution in [0.25, 0.3) is 0 Å². The molecule has 0 fully saturated rings. The summed E-state index contributed by atoms with van der Waals surface area (Å²) < 4.78 is 0. The lowest BCUT2D eigenvalue weighted by molar-refractivity contribution is 0.687. The summed E-state index contributed by atoms with van der Waals surface area (Å²) in [4.78, 5) is 0. The molecule has 1 aromatic rings. The van der Waals surface area contributed by atoms with Crippen molar-refractivity contribution in [2.75, 3.05) is 0 Å². The van der Waals surface area contributed by atoms with Crippen LogP contribution in [0, 0.1) is 0 Å². The summed E-state index contributed by atoms with van der Waals surface area (Å²) >= 11 is 0. The number of benzene rings is 1. The van der Waals surface area contributed by atoms with Gasteiger partial charge in [-0.05, 0) is 18.4 Å². The largest absolute Gasteiger partial charge is 0.324 e. The molecule has 0 saturated heterocycles. The van der Waals surface area contributed by atoms with Gasteiger partial charge in [-0.1, -0.05) is 55.8 Å². The van der Waals surface area contributed by atoms with E-state index in [-0.39, 0.29) is 6.04 Å². The highest BCUT2D eigenvalue weighted by Crippen LogP contribution is 2.19. The van der Waals surface area contributed by atoms with E-state index in [1.807, 2.05) is 18.2 Å². The first kappa shape index (κ1) is 11.0. The predicted molar refractivity (Wildman–Crippen MR) is 62.0 cm³/mol. The van der Waals surface area contributed by atoms with Crippen molar-refractivity contribution in [1.29, 1.82) is 0 Å². The summed E-state index contributed by atoms with van der Waals surface area (Å²) in [6, 6.07) is 10.3. The maximum Gasteiger partial charge on any atom is 0.0332 e. The monoisotopic (exact) mass is 189 g/mol. The Bertz CT molecular complexity index is 277. The molecule has 1 atom stereocenters. The van der Waals surface area contributed by atoms with Gasteiger partial charge in [-0.15, -0.1) is 0 Å². The number of nitrogens with two attached hydrogens (primary N) is 1. The molecule has 1 nitrogen and oxygen atoms in total. The standard InChI is InChI=1S/C13H19N/c1-3-7-11(2)10-13(14)12-8-5-4-6-9-12/h4-6,8-9,13H,2-3,7,10,14H2,1H3. The van der Waals surface area contributed by atoms with Gasteiger partial charge in [-0.25, -0.2) is 0 Å². The Labute approximate surface area is 86.6 Å². The van der Waals surface area contributed by atoms with E-state index >= 15 is 0 Å². The van der Waals surface area contributed by atoms with Gasteiger partial charge in [0.1, 0.15) is 0 Å². The zero-order valence-electron chi connectivity index (χ0n) is 8.87. The fourth-order valence-corrected chi connectivity index (χ4v) is 1.58. The lowest BCUT2D eigenvalue weighted by atomic mass is 9.98. The predicted octanol–water partition coefficient (Wildman–Crippen LogP) is 3.43. The maximum absolute atomic E-state index is 6.07. The molecule has 1 rings (SSSR count). The van der Waals surface area contributed by atoms with E-state index < -0.39 is 0 Å². The molecule has 0 radical (unpaired) electrons. The Kier molecular flexibility index (Phi) is 4.41. The molecule has 1 unspecified atom stereocenters. The van der Waals surface area contributed by atoms with Crippen LogP contribution in [-0.4, -0.2) is 0 Å². The fraction of sp³-hybridized carbons (Fsp3) is 0.385. The van der Waals surface area contributed by atoms with Crippen molar-refractivity contribution in [2.45, 2.75) is 32.2 Å². The summed E-state index contributed by atoms with van der Waals surface area (Å²) in [5.41, 5.74) is 8.52. The molecule has 14 heavy (non-hydrogen) atoms. The molecule has 0 amide bonds. The third-order valence-corrected chi connectivity index (χ3v) is 2.34. The molecular formula is C13H19N. The van der Waals surface area contributed by atoms with Crippen molar-refractivity contribution in [3.63, 3.8) is 0 Å². The normalized spacial score (nSPS) is 12.4. The van der Waals surface area contributed by atoms with E-state index in [9.17, 15) is 0 Å². The minimum Gasteiger partial charge on any atom is -0.324 e. The van der Waals surface area contributed by atoms with E-state index in [0.717, 1.165) is 19.3 Å². The van der Waals surface area contributed by atoms with Gasteiger partial charge < -0.3 is 5.73 Å². The van der Waals surface area contributed by atoms with Crippen molar-refractivity contribution < 1.29 is 0 Å². The van der Waals surface area contributed by atoms with E-state index in [2.05, 4.69) is 25.6 Å². The number of hydrogen-bond donors (Lipinski definition) is 1. The van der Waals surface area contributed by atoms with Gasteiger partial charge in [0.25, 0.3) is 0 Å². The highest BCUT2D eigenvalue weighted by molar-refractivity contribution is 5.20. The van der Waals surface area contributed by atoms with Crippen molar-refractivity contribution in [2.24, 2.45) is 5.73 Å². The highest BCUT2D eigenvalue weighted by atomic mass is 14.6. The van der Waals surface area contributed by atoms with Gasteiger partial charge >= 0.3 is 0 Å². The van der Waals surface area contributed by atoms with Gasteiger partial charge in [0, 0.05) is 6.04 Å². The van der Waals surface area contributed by atoms with Gasteiger partial charge in [0.2, 0.25) is 0 Å². The molecule has 76 valence electrons. The third-order valence-electron chi connectivity index (χ3n) is 2.34. The second-order valence-corrected chi connectivity index (χ2v) is 3.72. The average Bonchev–Trinajstić information content (AvgIpc) is 2.19. The van der Waals surface area contributed by atoms with Gasteiger partial charge in [-0.2, -0.15) is 0 Å². The molecule has 1 aromatic carbocycles. The Morgan fingerprint density at radius 3 is 2.57 bits per heavy atom. The van der Waals surface area contributed by atoms with Crippen LogP contribution >= 0.6 is 0 Å². The SMILES string of the molecule is C=C(CCC)CC(N)c1ccccc1. The molecule has 2 N–H and O–H groups in total. The quantitative estimate of drug-likeness (QED) is 0.705. The van der Waals surface area contributed by atoms with Crippen molar-refractivity contribution in [3.05, 3.63) is 48.0 Å². The molecule has 0 aliphatic heterocycles. The minimum absolute atomic E-state index is 0.107. The van der Waals surface area contributed by atoms with E-state index in [1.54, 1.807) is 0 Å². The molecule has 0 aliphatic rings. The van der Waals surface area contributed by atoms with Crippen LogP contribution < -0.4 is 5.73 Å². The second-order valence-electron chi connectivity index (χ2n) is 3.72. The molecule has 0 aromatic heterocycles. The lowest BCUT2D eigenvalue weighted by Gasteiger charge is -2.13. The van der Waals surface area contributed by atoms with Crippen molar-refractivity contribution >= 4 is 0 Å². The maximum atomic E-state index is 6.07. The molecule has 0 spiro atoms. The Balaban J connectivity index is 2.50. The number of rotatable bonds is 5. The summed E-state index contributed by atoms with van der Waals surface area (Å²) in [6.07, 6.45) is 3.14. The topological polar surface area (TPSA) is 26.0 Å². The molecular weight excluding hydrogens is 170 g/mol. The van der Waals surface area contributed by atoms with Crippen molar-refractivity contribution in [3.8, 4) is 0 Å². The zero-order chi connectivity index (χ0) is 10.4. The first-order valence-electron chi connectivity index (χ1n) is 5.21. The van der Waals surface area contributed by atoms with E-state index in [0.29, 0.717) is 0 Å². The molecule has 1 heteroatoms. The van der Waals surface area contributed by atoms with E-state index in [4.69, 9.17) is 5.73 Å². The van der Waals surface area contributed by atoms with Crippen LogP contribution in [0.5, 0.6) is 0 Å².